The van der Waals surface area contributed by atoms with E-state index in [2.05, 4.69) is 42.7 Å². The van der Waals surface area contributed by atoms with Crippen LogP contribution >= 0.6 is 0 Å². The molecule has 0 fully saturated rings. The molecular weight excluding hydrogens is 262 g/mol. The van der Waals surface area contributed by atoms with Crippen molar-refractivity contribution in [1.29, 1.82) is 0 Å². The summed E-state index contributed by atoms with van der Waals surface area (Å²) in [4.78, 5) is 12.0. The van der Waals surface area contributed by atoms with E-state index >= 15 is 0 Å². The van der Waals surface area contributed by atoms with Crippen LogP contribution in [0.3, 0.4) is 0 Å². The molecule has 1 aromatic carbocycles. The summed E-state index contributed by atoms with van der Waals surface area (Å²) in [7, 11) is 1.94. The van der Waals surface area contributed by atoms with Crippen LogP contribution in [0.1, 0.15) is 25.8 Å². The Morgan fingerprint density at radius 1 is 1.29 bits per heavy atom. The molecule has 0 atom stereocenters. The number of carbonyl (C=O) groups excluding carboxylic acids is 1. The maximum absolute atomic E-state index is 12.0. The summed E-state index contributed by atoms with van der Waals surface area (Å²) >= 11 is 0. The van der Waals surface area contributed by atoms with Gasteiger partial charge in [0.15, 0.2) is 0 Å². The minimum absolute atomic E-state index is 0.0761. The van der Waals surface area contributed by atoms with E-state index in [0.717, 1.165) is 25.0 Å². The topological polar surface area (TPSA) is 46.1 Å². The van der Waals surface area contributed by atoms with Gasteiger partial charge in [-0.05, 0) is 37.1 Å². The van der Waals surface area contributed by atoms with Crippen LogP contribution in [0, 0.1) is 5.92 Å². The summed E-state index contributed by atoms with van der Waals surface area (Å²) in [5, 5.41) is 7.37. The van der Waals surface area contributed by atoms with Gasteiger partial charge in [0.05, 0.1) is 0 Å². The molecule has 4 heteroatoms. The molecule has 2 rings (SSSR count). The van der Waals surface area contributed by atoms with Crippen molar-refractivity contribution < 1.29 is 4.79 Å². The molecule has 0 aliphatic rings. The maximum Gasteiger partial charge on any atom is 0.239 e. The van der Waals surface area contributed by atoms with Crippen molar-refractivity contribution in [3.63, 3.8) is 0 Å². The molecule has 0 bridgehead atoms. The van der Waals surface area contributed by atoms with E-state index < -0.39 is 0 Å². The van der Waals surface area contributed by atoms with E-state index in [1.807, 2.05) is 23.9 Å². The van der Waals surface area contributed by atoms with Crippen LogP contribution in [0.4, 0.5) is 0 Å². The van der Waals surface area contributed by atoms with Gasteiger partial charge in [0, 0.05) is 30.2 Å². The normalized spacial score (nSPS) is 11.2. The van der Waals surface area contributed by atoms with Gasteiger partial charge in [-0.2, -0.15) is 0 Å². The molecule has 4 nitrogen and oxygen atoms in total. The van der Waals surface area contributed by atoms with Gasteiger partial charge < -0.3 is 15.2 Å². The van der Waals surface area contributed by atoms with Crippen LogP contribution < -0.4 is 10.6 Å². The Morgan fingerprint density at radius 2 is 2.10 bits per heavy atom. The monoisotopic (exact) mass is 287 g/mol. The molecule has 0 spiro atoms. The van der Waals surface area contributed by atoms with E-state index in [1.54, 1.807) is 0 Å². The van der Waals surface area contributed by atoms with Crippen LogP contribution in [0.25, 0.3) is 10.9 Å². The highest BCUT2D eigenvalue weighted by Crippen LogP contribution is 2.20. The molecular formula is C17H25N3O. The third kappa shape index (κ3) is 4.08. The van der Waals surface area contributed by atoms with E-state index in [0.29, 0.717) is 12.5 Å². The number of fused-ring (bicyclic) bond motifs is 1. The second-order valence-electron chi connectivity index (χ2n) is 5.86. The standard InChI is InChI=1S/C17H25N3O/c1-13(2)7-9-19-17(21)12-20-10-8-15-14(11-18-3)5-4-6-16(15)20/h4-6,8,10,13,18H,7,9,11-12H2,1-3H3,(H,19,21). The van der Waals surface area contributed by atoms with E-state index in [-0.39, 0.29) is 5.91 Å². The lowest BCUT2D eigenvalue weighted by molar-refractivity contribution is -0.121. The average Bonchev–Trinajstić information content (AvgIpc) is 2.83. The molecule has 21 heavy (non-hydrogen) atoms. The number of amides is 1. The molecule has 2 N–H and O–H groups in total. The Labute approximate surface area is 126 Å². The molecule has 2 aromatic rings. The van der Waals surface area contributed by atoms with Gasteiger partial charge in [-0.1, -0.05) is 26.0 Å². The van der Waals surface area contributed by atoms with Gasteiger partial charge in [-0.25, -0.2) is 0 Å². The molecule has 0 aliphatic carbocycles. The zero-order valence-electron chi connectivity index (χ0n) is 13.1. The number of rotatable bonds is 7. The van der Waals surface area contributed by atoms with E-state index in [4.69, 9.17) is 0 Å². The van der Waals surface area contributed by atoms with Crippen molar-refractivity contribution >= 4 is 16.8 Å². The Bertz CT molecular complexity index is 601. The van der Waals surface area contributed by atoms with Gasteiger partial charge in [-0.15, -0.1) is 0 Å². The molecule has 0 unspecified atom stereocenters. The Balaban J connectivity index is 2.05. The first-order valence-corrected chi connectivity index (χ1v) is 7.60. The quantitative estimate of drug-likeness (QED) is 0.822. The zero-order chi connectivity index (χ0) is 15.2. The summed E-state index contributed by atoms with van der Waals surface area (Å²) < 4.78 is 2.01. The van der Waals surface area contributed by atoms with Gasteiger partial charge in [0.1, 0.15) is 6.54 Å². The highest BCUT2D eigenvalue weighted by Gasteiger charge is 2.08. The number of benzene rings is 1. The highest BCUT2D eigenvalue weighted by atomic mass is 16.1. The molecule has 0 aliphatic heterocycles. The summed E-state index contributed by atoms with van der Waals surface area (Å²) in [6, 6.07) is 8.31. The van der Waals surface area contributed by atoms with Crippen molar-refractivity contribution in [2.45, 2.75) is 33.4 Å². The molecule has 114 valence electrons. The van der Waals surface area contributed by atoms with Gasteiger partial charge >= 0.3 is 0 Å². The van der Waals surface area contributed by atoms with Crippen molar-refractivity contribution in [3.05, 3.63) is 36.0 Å². The lowest BCUT2D eigenvalue weighted by atomic mass is 10.1. The minimum atomic E-state index is 0.0761. The lowest BCUT2D eigenvalue weighted by Crippen LogP contribution is -2.28. The highest BCUT2D eigenvalue weighted by molar-refractivity contribution is 5.85. The number of carbonyl (C=O) groups is 1. The fourth-order valence-corrected chi connectivity index (χ4v) is 2.48. The summed E-state index contributed by atoms with van der Waals surface area (Å²) in [5.41, 5.74) is 2.37. The van der Waals surface area contributed by atoms with Crippen LogP contribution in [0.2, 0.25) is 0 Å². The number of hydrogen-bond donors (Lipinski definition) is 2. The summed E-state index contributed by atoms with van der Waals surface area (Å²) in [5.74, 6) is 0.689. The number of hydrogen-bond acceptors (Lipinski definition) is 2. The Morgan fingerprint density at radius 3 is 2.81 bits per heavy atom. The lowest BCUT2D eigenvalue weighted by Gasteiger charge is -2.09. The fraction of sp³-hybridized carbons (Fsp3) is 0.471. The summed E-state index contributed by atoms with van der Waals surface area (Å²) in [6.07, 6.45) is 3.01. The SMILES string of the molecule is CNCc1cccc2c1ccn2CC(=O)NCCC(C)C. The zero-order valence-corrected chi connectivity index (χ0v) is 13.1. The van der Waals surface area contributed by atoms with Gasteiger partial charge in [0.2, 0.25) is 5.91 Å². The number of aromatic nitrogens is 1. The number of nitrogens with zero attached hydrogens (tertiary/aromatic N) is 1. The van der Waals surface area contributed by atoms with Crippen molar-refractivity contribution in [1.82, 2.24) is 15.2 Å². The molecule has 0 radical (unpaired) electrons. The molecule has 1 aromatic heterocycles. The summed E-state index contributed by atoms with van der Waals surface area (Å²) in [6.45, 7) is 6.29. The van der Waals surface area contributed by atoms with Crippen LogP contribution in [-0.4, -0.2) is 24.1 Å². The molecule has 0 saturated carbocycles. The van der Waals surface area contributed by atoms with Crippen LogP contribution in [0.15, 0.2) is 30.5 Å². The largest absolute Gasteiger partial charge is 0.355 e. The second-order valence-corrected chi connectivity index (χ2v) is 5.86. The van der Waals surface area contributed by atoms with Crippen molar-refractivity contribution in [2.24, 2.45) is 5.92 Å². The minimum Gasteiger partial charge on any atom is -0.355 e. The van der Waals surface area contributed by atoms with Crippen molar-refractivity contribution in [2.75, 3.05) is 13.6 Å². The first-order valence-electron chi connectivity index (χ1n) is 7.60. The van der Waals surface area contributed by atoms with Crippen molar-refractivity contribution in [3.8, 4) is 0 Å². The number of nitrogens with one attached hydrogen (secondary N) is 2. The fourth-order valence-electron chi connectivity index (χ4n) is 2.48. The first kappa shape index (κ1) is 15.6. The molecule has 0 saturated heterocycles. The van der Waals surface area contributed by atoms with Gasteiger partial charge in [-0.3, -0.25) is 4.79 Å². The smallest absolute Gasteiger partial charge is 0.239 e. The Kier molecular flexibility index (Phi) is 5.39. The maximum atomic E-state index is 12.0. The van der Waals surface area contributed by atoms with E-state index in [1.165, 1.54) is 10.9 Å². The third-order valence-corrected chi connectivity index (χ3v) is 3.63. The first-order chi connectivity index (χ1) is 10.1. The predicted octanol–water partition coefficient (Wildman–Crippen LogP) is 2.52. The predicted molar refractivity (Wildman–Crippen MR) is 87.2 cm³/mol. The third-order valence-electron chi connectivity index (χ3n) is 3.63. The Hall–Kier alpha value is -1.81. The average molecular weight is 287 g/mol. The van der Waals surface area contributed by atoms with E-state index in [9.17, 15) is 4.79 Å². The molecule has 1 heterocycles. The van der Waals surface area contributed by atoms with Crippen LogP contribution in [0.5, 0.6) is 0 Å². The van der Waals surface area contributed by atoms with Crippen LogP contribution in [-0.2, 0) is 17.9 Å². The van der Waals surface area contributed by atoms with Gasteiger partial charge in [0.25, 0.3) is 0 Å². The molecule has 1 amide bonds. The second kappa shape index (κ2) is 7.27.